The Hall–Kier alpha value is -2.27. The van der Waals surface area contributed by atoms with Crippen molar-refractivity contribution in [2.45, 2.75) is 12.5 Å². The molecule has 0 fully saturated rings. The first kappa shape index (κ1) is 15.1. The van der Waals surface area contributed by atoms with Gasteiger partial charge in [-0.25, -0.2) is 4.79 Å². The van der Waals surface area contributed by atoms with Gasteiger partial charge in [-0.2, -0.15) is 0 Å². The van der Waals surface area contributed by atoms with Crippen LogP contribution in [0.3, 0.4) is 0 Å². The number of hydrogen-bond acceptors (Lipinski definition) is 3. The summed E-state index contributed by atoms with van der Waals surface area (Å²) in [6.07, 6.45) is 1.86. The lowest BCUT2D eigenvalue weighted by atomic mass is 10.1. The summed E-state index contributed by atoms with van der Waals surface area (Å²) in [4.78, 5) is 26.6. The summed E-state index contributed by atoms with van der Waals surface area (Å²) < 4.78 is 4.74. The van der Waals surface area contributed by atoms with Crippen molar-refractivity contribution in [3.05, 3.63) is 58.9 Å². The minimum absolute atomic E-state index is 0.293. The molecule has 1 amide bonds. The molecule has 1 aromatic heterocycles. The molecule has 2 N–H and O–H groups in total. The zero-order chi connectivity index (χ0) is 15.2. The largest absolute Gasteiger partial charge is 0.467 e. The normalized spacial score (nSPS) is 11.7. The van der Waals surface area contributed by atoms with E-state index in [1.165, 1.54) is 19.4 Å². The molecule has 0 saturated heterocycles. The highest BCUT2D eigenvalue weighted by atomic mass is 35.5. The average Bonchev–Trinajstić information content (AvgIpc) is 2.93. The van der Waals surface area contributed by atoms with Gasteiger partial charge in [-0.05, 0) is 11.6 Å². The van der Waals surface area contributed by atoms with E-state index in [2.05, 4.69) is 10.3 Å². The van der Waals surface area contributed by atoms with Crippen molar-refractivity contribution in [1.82, 2.24) is 10.3 Å². The van der Waals surface area contributed by atoms with E-state index in [1.54, 1.807) is 0 Å². The van der Waals surface area contributed by atoms with Gasteiger partial charge in [0, 0.05) is 12.6 Å². The monoisotopic (exact) mass is 306 g/mol. The van der Waals surface area contributed by atoms with Crippen molar-refractivity contribution in [3.8, 4) is 0 Å². The molecule has 0 unspecified atom stereocenters. The molecule has 2 rings (SSSR count). The van der Waals surface area contributed by atoms with Crippen LogP contribution in [0.25, 0.3) is 0 Å². The zero-order valence-electron chi connectivity index (χ0n) is 11.4. The highest BCUT2D eigenvalue weighted by Crippen LogP contribution is 2.10. The number of amides is 1. The Morgan fingerprint density at radius 3 is 2.62 bits per heavy atom. The molecule has 6 heteroatoms. The highest BCUT2D eigenvalue weighted by molar-refractivity contribution is 6.31. The van der Waals surface area contributed by atoms with Crippen LogP contribution in [0.15, 0.2) is 42.6 Å². The van der Waals surface area contributed by atoms with Crippen LogP contribution in [0.2, 0.25) is 5.02 Å². The Bertz CT molecular complexity index is 625. The molecule has 1 heterocycles. The van der Waals surface area contributed by atoms with Gasteiger partial charge in [0.25, 0.3) is 5.91 Å². The van der Waals surface area contributed by atoms with E-state index in [1.807, 2.05) is 30.3 Å². The molecule has 0 saturated carbocycles. The summed E-state index contributed by atoms with van der Waals surface area (Å²) in [7, 11) is 1.29. The van der Waals surface area contributed by atoms with E-state index >= 15 is 0 Å². The van der Waals surface area contributed by atoms with Gasteiger partial charge in [-0.1, -0.05) is 41.9 Å². The van der Waals surface area contributed by atoms with Crippen LogP contribution < -0.4 is 5.32 Å². The molecule has 2 aromatic rings. The van der Waals surface area contributed by atoms with Gasteiger partial charge >= 0.3 is 5.97 Å². The van der Waals surface area contributed by atoms with Gasteiger partial charge in [-0.3, -0.25) is 4.79 Å². The van der Waals surface area contributed by atoms with Crippen LogP contribution in [0, 0.1) is 0 Å². The van der Waals surface area contributed by atoms with Crippen LogP contribution in [0.5, 0.6) is 0 Å². The van der Waals surface area contributed by atoms with Gasteiger partial charge < -0.3 is 15.0 Å². The molecular formula is C15H15ClN2O3. The van der Waals surface area contributed by atoms with Crippen LogP contribution in [-0.4, -0.2) is 30.0 Å². The van der Waals surface area contributed by atoms with E-state index < -0.39 is 17.9 Å². The topological polar surface area (TPSA) is 71.2 Å². The number of esters is 1. The molecule has 5 nitrogen and oxygen atoms in total. The predicted octanol–water partition coefficient (Wildman–Crippen LogP) is 2.18. The lowest BCUT2D eigenvalue weighted by Gasteiger charge is -2.16. The molecule has 0 radical (unpaired) electrons. The van der Waals surface area contributed by atoms with Gasteiger partial charge in [0.1, 0.15) is 11.7 Å². The first-order valence-electron chi connectivity index (χ1n) is 6.36. The van der Waals surface area contributed by atoms with Crippen molar-refractivity contribution >= 4 is 23.5 Å². The zero-order valence-corrected chi connectivity index (χ0v) is 12.2. The summed E-state index contributed by atoms with van der Waals surface area (Å²) in [5.41, 5.74) is 1.22. The first-order chi connectivity index (χ1) is 10.1. The summed E-state index contributed by atoms with van der Waals surface area (Å²) in [6, 6.07) is 10.1. The van der Waals surface area contributed by atoms with E-state index in [0.29, 0.717) is 17.1 Å². The van der Waals surface area contributed by atoms with Gasteiger partial charge in [-0.15, -0.1) is 0 Å². The summed E-state index contributed by atoms with van der Waals surface area (Å²) in [6.45, 7) is 0. The molecule has 0 aliphatic heterocycles. The van der Waals surface area contributed by atoms with Crippen molar-refractivity contribution < 1.29 is 14.3 Å². The fourth-order valence-corrected chi connectivity index (χ4v) is 2.08. The predicted molar refractivity (Wildman–Crippen MR) is 79.2 cm³/mol. The number of hydrogen-bond donors (Lipinski definition) is 2. The minimum atomic E-state index is -0.757. The number of ether oxygens (including phenoxy) is 1. The van der Waals surface area contributed by atoms with Crippen LogP contribution >= 0.6 is 11.6 Å². The van der Waals surface area contributed by atoms with E-state index in [4.69, 9.17) is 16.3 Å². The molecule has 1 aromatic carbocycles. The SMILES string of the molecule is COC(=O)[C@H](Cc1ccccc1)NC(=O)c1cc(Cl)c[nH]1. The number of nitrogens with one attached hydrogen (secondary N) is 2. The van der Waals surface area contributed by atoms with Gasteiger partial charge in [0.05, 0.1) is 12.1 Å². The number of carbonyl (C=O) groups excluding carboxylic acids is 2. The molecule has 1 atom stereocenters. The Labute approximate surface area is 127 Å². The number of H-pyrrole nitrogens is 1. The third kappa shape index (κ3) is 4.10. The Kier molecular flexibility index (Phi) is 5.00. The second-order valence-corrected chi connectivity index (χ2v) is 4.91. The second-order valence-electron chi connectivity index (χ2n) is 4.47. The number of benzene rings is 1. The van der Waals surface area contributed by atoms with Crippen LogP contribution in [0.1, 0.15) is 16.1 Å². The van der Waals surface area contributed by atoms with Crippen molar-refractivity contribution in [3.63, 3.8) is 0 Å². The number of aromatic amines is 1. The quantitative estimate of drug-likeness (QED) is 0.832. The van der Waals surface area contributed by atoms with E-state index in [9.17, 15) is 9.59 Å². The first-order valence-corrected chi connectivity index (χ1v) is 6.74. The third-order valence-electron chi connectivity index (χ3n) is 2.97. The lowest BCUT2D eigenvalue weighted by Crippen LogP contribution is -2.43. The summed E-state index contributed by atoms with van der Waals surface area (Å²) in [5.74, 6) is -0.905. The standard InChI is InChI=1S/C15H15ClN2O3/c1-21-15(20)13(7-10-5-3-2-4-6-10)18-14(19)12-8-11(16)9-17-12/h2-6,8-9,13,17H,7H2,1H3,(H,18,19)/t13-/m0/s1. The molecule has 110 valence electrons. The smallest absolute Gasteiger partial charge is 0.328 e. The average molecular weight is 307 g/mol. The van der Waals surface area contributed by atoms with Crippen molar-refractivity contribution in [2.75, 3.05) is 7.11 Å². The Balaban J connectivity index is 2.09. The lowest BCUT2D eigenvalue weighted by molar-refractivity contribution is -0.142. The molecular weight excluding hydrogens is 292 g/mol. The molecule has 0 spiro atoms. The number of methoxy groups -OCH3 is 1. The van der Waals surface area contributed by atoms with Crippen LogP contribution in [-0.2, 0) is 16.0 Å². The fraction of sp³-hybridized carbons (Fsp3) is 0.200. The third-order valence-corrected chi connectivity index (χ3v) is 3.18. The maximum Gasteiger partial charge on any atom is 0.328 e. The minimum Gasteiger partial charge on any atom is -0.467 e. The van der Waals surface area contributed by atoms with Crippen molar-refractivity contribution in [2.24, 2.45) is 0 Å². The molecule has 0 aliphatic carbocycles. The fourth-order valence-electron chi connectivity index (χ4n) is 1.92. The molecule has 21 heavy (non-hydrogen) atoms. The highest BCUT2D eigenvalue weighted by Gasteiger charge is 2.23. The van der Waals surface area contributed by atoms with E-state index in [0.717, 1.165) is 5.56 Å². The summed E-state index contributed by atoms with van der Waals surface area (Å²) >= 11 is 5.76. The van der Waals surface area contributed by atoms with Gasteiger partial charge in [0.2, 0.25) is 0 Å². The number of carbonyl (C=O) groups is 2. The molecule has 0 bridgehead atoms. The Morgan fingerprint density at radius 1 is 1.33 bits per heavy atom. The Morgan fingerprint density at radius 2 is 2.05 bits per heavy atom. The maximum absolute atomic E-state index is 12.1. The molecule has 0 aliphatic rings. The van der Waals surface area contributed by atoms with Crippen molar-refractivity contribution in [1.29, 1.82) is 0 Å². The second kappa shape index (κ2) is 6.95. The number of halogens is 1. The van der Waals surface area contributed by atoms with Gasteiger partial charge in [0.15, 0.2) is 0 Å². The summed E-state index contributed by atoms with van der Waals surface area (Å²) in [5, 5.41) is 3.07. The number of rotatable bonds is 5. The number of aromatic nitrogens is 1. The van der Waals surface area contributed by atoms with Crippen LogP contribution in [0.4, 0.5) is 0 Å². The van der Waals surface area contributed by atoms with E-state index in [-0.39, 0.29) is 0 Å². The maximum atomic E-state index is 12.1.